The Kier molecular flexibility index (Phi) is 5.71. The van der Waals surface area contributed by atoms with Crippen LogP contribution in [0.3, 0.4) is 0 Å². The first-order chi connectivity index (χ1) is 14.8. The lowest BCUT2D eigenvalue weighted by Gasteiger charge is -2.13. The molecule has 0 aliphatic carbocycles. The summed E-state index contributed by atoms with van der Waals surface area (Å²) in [7, 11) is 0. The number of ether oxygens (including phenoxy) is 1. The second-order valence-corrected chi connectivity index (χ2v) is 6.99. The van der Waals surface area contributed by atoms with Gasteiger partial charge in [-0.1, -0.05) is 17.7 Å². The molecule has 0 saturated carbocycles. The molecule has 6 nitrogen and oxygen atoms in total. The fraction of sp³-hybridized carbons (Fsp3) is 0.143. The molecule has 0 atom stereocenters. The maximum Gasteiger partial charge on any atom is 0.416 e. The van der Waals surface area contributed by atoms with Gasteiger partial charge in [-0.2, -0.15) is 13.2 Å². The number of aliphatic hydroxyl groups is 1. The molecule has 0 unspecified atom stereocenters. The van der Waals surface area contributed by atoms with Gasteiger partial charge in [-0.25, -0.2) is 9.97 Å². The van der Waals surface area contributed by atoms with Gasteiger partial charge >= 0.3 is 6.18 Å². The number of alkyl halides is 3. The zero-order valence-electron chi connectivity index (χ0n) is 15.9. The number of anilines is 2. The number of nitrogens with zero attached hydrogens (tertiary/aromatic N) is 3. The molecule has 2 N–H and O–H groups in total. The number of hydrogen-bond acceptors (Lipinski definition) is 5. The van der Waals surface area contributed by atoms with E-state index in [0.29, 0.717) is 23.6 Å². The van der Waals surface area contributed by atoms with Gasteiger partial charge in [-0.3, -0.25) is 0 Å². The molecule has 31 heavy (non-hydrogen) atoms. The molecule has 0 saturated heterocycles. The van der Waals surface area contributed by atoms with Crippen molar-refractivity contribution in [2.45, 2.75) is 12.7 Å². The Balaban J connectivity index is 1.58. The normalized spacial score (nSPS) is 11.6. The molecule has 2 aromatic carbocycles. The van der Waals surface area contributed by atoms with Gasteiger partial charge in [0.1, 0.15) is 23.3 Å². The van der Waals surface area contributed by atoms with Crippen LogP contribution >= 0.6 is 11.6 Å². The zero-order chi connectivity index (χ0) is 22.0. The van der Waals surface area contributed by atoms with Crippen LogP contribution in [0.5, 0.6) is 11.5 Å². The molecule has 0 spiro atoms. The number of aliphatic hydroxyl groups excluding tert-OH is 1. The average Bonchev–Trinajstić information content (AvgIpc) is 3.14. The largest absolute Gasteiger partial charge is 0.456 e. The third-order valence-corrected chi connectivity index (χ3v) is 4.77. The number of aromatic nitrogens is 3. The van der Waals surface area contributed by atoms with Crippen LogP contribution in [-0.4, -0.2) is 26.2 Å². The van der Waals surface area contributed by atoms with Crippen molar-refractivity contribution < 1.29 is 23.0 Å². The maximum atomic E-state index is 12.9. The minimum absolute atomic E-state index is 0.0248. The van der Waals surface area contributed by atoms with Gasteiger partial charge in [0.25, 0.3) is 0 Å². The molecular formula is C21H16ClF3N4O2. The summed E-state index contributed by atoms with van der Waals surface area (Å²) in [5.74, 6) is 0.755. The third kappa shape index (κ3) is 4.57. The van der Waals surface area contributed by atoms with Crippen molar-refractivity contribution in [2.75, 3.05) is 11.9 Å². The number of fused-ring (bicyclic) bond motifs is 1. The van der Waals surface area contributed by atoms with E-state index >= 15 is 0 Å². The third-order valence-electron chi connectivity index (χ3n) is 4.47. The van der Waals surface area contributed by atoms with E-state index in [4.69, 9.17) is 16.3 Å². The van der Waals surface area contributed by atoms with E-state index in [1.807, 2.05) is 10.6 Å². The number of nitrogens with one attached hydrogen (secondary N) is 1. The summed E-state index contributed by atoms with van der Waals surface area (Å²) in [5, 5.41) is 12.6. The van der Waals surface area contributed by atoms with E-state index < -0.39 is 11.7 Å². The summed E-state index contributed by atoms with van der Waals surface area (Å²) in [6.07, 6.45) is -1.24. The number of hydrogen-bond donors (Lipinski definition) is 2. The Labute approximate surface area is 179 Å². The van der Waals surface area contributed by atoms with Crippen LogP contribution in [0.1, 0.15) is 5.56 Å². The lowest BCUT2D eigenvalue weighted by molar-refractivity contribution is -0.137. The molecule has 2 aromatic heterocycles. The molecule has 0 fully saturated rings. The quantitative estimate of drug-likeness (QED) is 0.400. The molecule has 2 heterocycles. The van der Waals surface area contributed by atoms with Crippen LogP contribution in [0.4, 0.5) is 24.7 Å². The summed E-state index contributed by atoms with van der Waals surface area (Å²) in [5.41, 5.74) is 1.22. The number of benzene rings is 2. The second kappa shape index (κ2) is 8.44. The van der Waals surface area contributed by atoms with Crippen molar-refractivity contribution >= 4 is 34.1 Å². The molecule has 0 bridgehead atoms. The summed E-state index contributed by atoms with van der Waals surface area (Å²) < 4.78 is 46.0. The van der Waals surface area contributed by atoms with E-state index in [2.05, 4.69) is 15.3 Å². The fourth-order valence-electron chi connectivity index (χ4n) is 3.08. The first-order valence-corrected chi connectivity index (χ1v) is 9.55. The molecule has 0 amide bonds. The highest BCUT2D eigenvalue weighted by Gasteiger charge is 2.30. The van der Waals surface area contributed by atoms with Crippen LogP contribution in [0, 0.1) is 0 Å². The van der Waals surface area contributed by atoms with E-state index in [0.717, 1.165) is 17.6 Å². The van der Waals surface area contributed by atoms with Gasteiger partial charge in [-0.05, 0) is 42.5 Å². The Morgan fingerprint density at radius 2 is 1.94 bits per heavy atom. The first kappa shape index (κ1) is 21.0. The fourth-order valence-corrected chi connectivity index (χ4v) is 3.30. The number of halogens is 4. The van der Waals surface area contributed by atoms with Gasteiger partial charge in [-0.15, -0.1) is 0 Å². The van der Waals surface area contributed by atoms with E-state index in [1.165, 1.54) is 18.5 Å². The van der Waals surface area contributed by atoms with Gasteiger partial charge in [0.05, 0.1) is 22.7 Å². The molecule has 0 radical (unpaired) electrons. The highest BCUT2D eigenvalue weighted by Crippen LogP contribution is 2.36. The van der Waals surface area contributed by atoms with Crippen LogP contribution in [0.2, 0.25) is 5.02 Å². The van der Waals surface area contributed by atoms with Crippen molar-refractivity contribution in [2.24, 2.45) is 0 Å². The van der Waals surface area contributed by atoms with Gasteiger partial charge < -0.3 is 19.7 Å². The van der Waals surface area contributed by atoms with Crippen molar-refractivity contribution in [3.63, 3.8) is 0 Å². The lowest BCUT2D eigenvalue weighted by atomic mass is 10.2. The molecule has 0 aliphatic rings. The van der Waals surface area contributed by atoms with Crippen LogP contribution < -0.4 is 10.1 Å². The predicted molar refractivity (Wildman–Crippen MR) is 111 cm³/mol. The molecule has 160 valence electrons. The average molecular weight is 449 g/mol. The molecule has 0 aliphatic heterocycles. The van der Waals surface area contributed by atoms with Crippen molar-refractivity contribution in [3.8, 4) is 11.5 Å². The van der Waals surface area contributed by atoms with Crippen LogP contribution in [-0.2, 0) is 12.7 Å². The Morgan fingerprint density at radius 3 is 2.68 bits per heavy atom. The lowest BCUT2D eigenvalue weighted by Crippen LogP contribution is -2.04. The smallest absolute Gasteiger partial charge is 0.416 e. The minimum atomic E-state index is -4.46. The monoisotopic (exact) mass is 448 g/mol. The zero-order valence-corrected chi connectivity index (χ0v) is 16.7. The highest BCUT2D eigenvalue weighted by atomic mass is 35.5. The highest BCUT2D eigenvalue weighted by molar-refractivity contribution is 6.32. The summed E-state index contributed by atoms with van der Waals surface area (Å²) in [6, 6.07) is 11.2. The summed E-state index contributed by atoms with van der Waals surface area (Å²) >= 11 is 6.30. The number of rotatable bonds is 6. The topological polar surface area (TPSA) is 72.2 Å². The molecule has 4 rings (SSSR count). The summed E-state index contributed by atoms with van der Waals surface area (Å²) in [6.45, 7) is 0.349. The van der Waals surface area contributed by atoms with Gasteiger partial charge in [0.2, 0.25) is 0 Å². The first-order valence-electron chi connectivity index (χ1n) is 9.17. The van der Waals surface area contributed by atoms with Crippen molar-refractivity contribution in [3.05, 3.63) is 71.6 Å². The standard InChI is InChI=1S/C21H16ClF3N4O2/c22-16-11-14(28-20-19-17(26-12-27-20)6-7-29(19)8-9-30)4-5-18(16)31-15-3-1-2-13(10-15)21(23,24)25/h1-7,10-12,30H,8-9H2,(H,26,27,28). The molecule has 10 heteroatoms. The van der Waals surface area contributed by atoms with Crippen molar-refractivity contribution in [1.29, 1.82) is 0 Å². The van der Waals surface area contributed by atoms with Crippen LogP contribution in [0.25, 0.3) is 11.0 Å². The van der Waals surface area contributed by atoms with Crippen LogP contribution in [0.15, 0.2) is 61.1 Å². The molecule has 4 aromatic rings. The molecular weight excluding hydrogens is 433 g/mol. The SMILES string of the molecule is OCCn1ccc2ncnc(Nc3ccc(Oc4cccc(C(F)(F)F)c4)c(Cl)c3)c21. The van der Waals surface area contributed by atoms with Gasteiger partial charge in [0.15, 0.2) is 5.82 Å². The van der Waals surface area contributed by atoms with E-state index in [9.17, 15) is 18.3 Å². The van der Waals surface area contributed by atoms with Gasteiger partial charge in [0, 0.05) is 18.4 Å². The maximum absolute atomic E-state index is 12.9. The Bertz CT molecular complexity index is 1230. The van der Waals surface area contributed by atoms with E-state index in [1.54, 1.807) is 24.4 Å². The Morgan fingerprint density at radius 1 is 1.10 bits per heavy atom. The predicted octanol–water partition coefficient (Wildman–Crippen LogP) is 5.63. The second-order valence-electron chi connectivity index (χ2n) is 6.59. The Hall–Kier alpha value is -3.30. The summed E-state index contributed by atoms with van der Waals surface area (Å²) in [4.78, 5) is 8.47. The minimum Gasteiger partial charge on any atom is -0.456 e. The van der Waals surface area contributed by atoms with E-state index in [-0.39, 0.29) is 23.1 Å². The van der Waals surface area contributed by atoms with Crippen molar-refractivity contribution in [1.82, 2.24) is 14.5 Å².